The van der Waals surface area contributed by atoms with Gasteiger partial charge >= 0.3 is 0 Å². The summed E-state index contributed by atoms with van der Waals surface area (Å²) in [5.74, 6) is 0.475. The third kappa shape index (κ3) is 3.27. The van der Waals surface area contributed by atoms with Crippen LogP contribution >= 0.6 is 15.9 Å². The molecular weight excluding hydrogens is 294 g/mol. The molecule has 1 heterocycles. The number of hydrogen-bond acceptors (Lipinski definition) is 3. The molecule has 1 aromatic rings. The van der Waals surface area contributed by atoms with Gasteiger partial charge in [-0.3, -0.25) is 14.5 Å². The number of nitrogens with zero attached hydrogens (tertiary/aromatic N) is 1. The van der Waals surface area contributed by atoms with E-state index < -0.39 is 0 Å². The fourth-order valence-corrected chi connectivity index (χ4v) is 2.43. The molecule has 18 heavy (non-hydrogen) atoms. The van der Waals surface area contributed by atoms with Gasteiger partial charge in [0.1, 0.15) is 5.78 Å². The van der Waals surface area contributed by atoms with Crippen LogP contribution in [0.1, 0.15) is 23.7 Å². The molecule has 1 aliphatic heterocycles. The van der Waals surface area contributed by atoms with Gasteiger partial charge < -0.3 is 0 Å². The zero-order chi connectivity index (χ0) is 13.1. The zero-order valence-corrected chi connectivity index (χ0v) is 11.9. The summed E-state index contributed by atoms with van der Waals surface area (Å²) in [6.07, 6.45) is 0.564. The number of carbonyl (C=O) groups excluding carboxylic acids is 2. The first-order valence-electron chi connectivity index (χ1n) is 6.10. The van der Waals surface area contributed by atoms with Gasteiger partial charge in [0.25, 0.3) is 0 Å². The van der Waals surface area contributed by atoms with Crippen LogP contribution < -0.4 is 0 Å². The smallest absolute Gasteiger partial charge is 0.176 e. The summed E-state index contributed by atoms with van der Waals surface area (Å²) in [5.41, 5.74) is 0.725. The Kier molecular flexibility index (Phi) is 4.30. The molecule has 96 valence electrons. The predicted molar refractivity (Wildman–Crippen MR) is 73.7 cm³/mol. The summed E-state index contributed by atoms with van der Waals surface area (Å²) in [7, 11) is 0. The van der Waals surface area contributed by atoms with Crippen LogP contribution in [0.4, 0.5) is 0 Å². The van der Waals surface area contributed by atoms with E-state index in [1.807, 2.05) is 31.2 Å². The third-order valence-corrected chi connectivity index (χ3v) is 3.82. The maximum absolute atomic E-state index is 12.1. The fourth-order valence-electron chi connectivity index (χ4n) is 2.17. The molecule has 0 spiro atoms. The fraction of sp³-hybridized carbons (Fsp3) is 0.429. The Morgan fingerprint density at radius 1 is 1.39 bits per heavy atom. The van der Waals surface area contributed by atoms with E-state index in [9.17, 15) is 9.59 Å². The summed E-state index contributed by atoms with van der Waals surface area (Å²) in [4.78, 5) is 25.6. The molecule has 0 aliphatic carbocycles. The Labute approximate surface area is 115 Å². The largest absolute Gasteiger partial charge is 0.299 e. The lowest BCUT2D eigenvalue weighted by Crippen LogP contribution is -2.42. The van der Waals surface area contributed by atoms with Gasteiger partial charge in [0.05, 0.1) is 6.54 Å². The number of rotatable bonds is 3. The Morgan fingerprint density at radius 3 is 2.67 bits per heavy atom. The summed E-state index contributed by atoms with van der Waals surface area (Å²) in [5, 5.41) is 0. The minimum Gasteiger partial charge on any atom is -0.299 e. The number of likely N-dealkylation sites (tertiary alicyclic amines) is 1. The number of halogens is 1. The van der Waals surface area contributed by atoms with Gasteiger partial charge in [-0.15, -0.1) is 0 Å². The summed E-state index contributed by atoms with van der Waals surface area (Å²) in [6, 6.07) is 7.39. The lowest BCUT2D eigenvalue weighted by atomic mass is 9.98. The second-order valence-corrected chi connectivity index (χ2v) is 5.70. The third-order valence-electron chi connectivity index (χ3n) is 3.29. The molecule has 2 rings (SSSR count). The van der Waals surface area contributed by atoms with Crippen LogP contribution in [0.25, 0.3) is 0 Å². The van der Waals surface area contributed by atoms with Crippen molar-refractivity contribution >= 4 is 27.5 Å². The summed E-state index contributed by atoms with van der Waals surface area (Å²) < 4.78 is 0.969. The standard InChI is InChI=1S/C14H16BrNO2/c1-10-8-16(7-6-13(10)17)9-14(18)11-2-4-12(15)5-3-11/h2-5,10H,6-9H2,1H3. The van der Waals surface area contributed by atoms with E-state index >= 15 is 0 Å². The van der Waals surface area contributed by atoms with Crippen molar-refractivity contribution in [1.82, 2.24) is 4.90 Å². The number of carbonyl (C=O) groups is 2. The molecule has 1 atom stereocenters. The molecule has 0 bridgehead atoms. The van der Waals surface area contributed by atoms with E-state index in [2.05, 4.69) is 20.8 Å². The van der Waals surface area contributed by atoms with E-state index in [1.165, 1.54) is 0 Å². The van der Waals surface area contributed by atoms with Crippen LogP contribution in [0, 0.1) is 5.92 Å². The molecule has 0 aromatic heterocycles. The van der Waals surface area contributed by atoms with Crippen molar-refractivity contribution in [1.29, 1.82) is 0 Å². The number of Topliss-reactive ketones (excluding diaryl/α,β-unsaturated/α-hetero) is 2. The summed E-state index contributed by atoms with van der Waals surface area (Å²) >= 11 is 3.35. The first kappa shape index (κ1) is 13.4. The quantitative estimate of drug-likeness (QED) is 0.805. The van der Waals surface area contributed by atoms with Crippen molar-refractivity contribution in [3.05, 3.63) is 34.3 Å². The topological polar surface area (TPSA) is 37.4 Å². The van der Waals surface area contributed by atoms with Crippen LogP contribution in [0.15, 0.2) is 28.7 Å². The highest BCUT2D eigenvalue weighted by Gasteiger charge is 2.24. The lowest BCUT2D eigenvalue weighted by Gasteiger charge is -2.29. The molecule has 0 N–H and O–H groups in total. The second kappa shape index (κ2) is 5.76. The molecule has 3 nitrogen and oxygen atoms in total. The Balaban J connectivity index is 1.95. The molecule has 1 unspecified atom stereocenters. The molecule has 0 amide bonds. The van der Waals surface area contributed by atoms with Crippen LogP contribution in [-0.4, -0.2) is 36.1 Å². The van der Waals surface area contributed by atoms with Gasteiger partial charge in [-0.05, 0) is 12.1 Å². The van der Waals surface area contributed by atoms with Crippen molar-refractivity contribution in [2.45, 2.75) is 13.3 Å². The van der Waals surface area contributed by atoms with E-state index in [0.717, 1.165) is 10.0 Å². The molecule has 1 aliphatic rings. The number of piperidine rings is 1. The van der Waals surface area contributed by atoms with Crippen LogP contribution in [0.2, 0.25) is 0 Å². The van der Waals surface area contributed by atoms with Crippen molar-refractivity contribution in [3.8, 4) is 0 Å². The monoisotopic (exact) mass is 309 g/mol. The van der Waals surface area contributed by atoms with Gasteiger partial charge in [-0.25, -0.2) is 0 Å². The Morgan fingerprint density at radius 2 is 2.06 bits per heavy atom. The molecule has 0 radical (unpaired) electrons. The van der Waals surface area contributed by atoms with E-state index in [1.54, 1.807) is 0 Å². The van der Waals surface area contributed by atoms with Gasteiger partial charge in [-0.2, -0.15) is 0 Å². The van der Waals surface area contributed by atoms with Crippen LogP contribution in [0.5, 0.6) is 0 Å². The first-order valence-corrected chi connectivity index (χ1v) is 6.89. The van der Waals surface area contributed by atoms with Crippen molar-refractivity contribution < 1.29 is 9.59 Å². The van der Waals surface area contributed by atoms with E-state index in [0.29, 0.717) is 31.8 Å². The van der Waals surface area contributed by atoms with E-state index in [4.69, 9.17) is 0 Å². The highest BCUT2D eigenvalue weighted by atomic mass is 79.9. The number of ketones is 2. The Hall–Kier alpha value is -1.00. The highest BCUT2D eigenvalue weighted by molar-refractivity contribution is 9.10. The lowest BCUT2D eigenvalue weighted by molar-refractivity contribution is -0.125. The number of hydrogen-bond donors (Lipinski definition) is 0. The van der Waals surface area contributed by atoms with Gasteiger partial charge in [0.15, 0.2) is 5.78 Å². The average Bonchev–Trinajstić information content (AvgIpc) is 2.34. The first-order chi connectivity index (χ1) is 8.56. The van der Waals surface area contributed by atoms with Crippen molar-refractivity contribution in [3.63, 3.8) is 0 Å². The SMILES string of the molecule is CC1CN(CC(=O)c2ccc(Br)cc2)CCC1=O. The van der Waals surface area contributed by atoms with Crippen LogP contribution in [0.3, 0.4) is 0 Å². The van der Waals surface area contributed by atoms with Crippen molar-refractivity contribution in [2.75, 3.05) is 19.6 Å². The van der Waals surface area contributed by atoms with Gasteiger partial charge in [-0.1, -0.05) is 35.0 Å². The van der Waals surface area contributed by atoms with E-state index in [-0.39, 0.29) is 11.7 Å². The second-order valence-electron chi connectivity index (χ2n) is 4.78. The summed E-state index contributed by atoms with van der Waals surface area (Å²) in [6.45, 7) is 3.73. The van der Waals surface area contributed by atoms with Gasteiger partial charge in [0.2, 0.25) is 0 Å². The predicted octanol–water partition coefficient (Wildman–Crippen LogP) is 2.54. The van der Waals surface area contributed by atoms with Crippen molar-refractivity contribution in [2.24, 2.45) is 5.92 Å². The molecule has 4 heteroatoms. The maximum Gasteiger partial charge on any atom is 0.176 e. The van der Waals surface area contributed by atoms with Crippen LogP contribution in [-0.2, 0) is 4.79 Å². The molecule has 0 saturated carbocycles. The molecule has 1 saturated heterocycles. The normalized spacial score (nSPS) is 21.0. The van der Waals surface area contributed by atoms with Gasteiger partial charge in [0, 0.05) is 35.5 Å². The number of benzene rings is 1. The maximum atomic E-state index is 12.1. The minimum absolute atomic E-state index is 0.0523. The zero-order valence-electron chi connectivity index (χ0n) is 10.4. The molecular formula is C14H16BrNO2. The highest BCUT2D eigenvalue weighted by Crippen LogP contribution is 2.14. The Bertz CT molecular complexity index is 455. The average molecular weight is 310 g/mol. The molecule has 1 aromatic carbocycles. The molecule has 1 fully saturated rings. The minimum atomic E-state index is 0.0523.